The molecule has 0 aromatic carbocycles. The van der Waals surface area contributed by atoms with Gasteiger partial charge in [0.05, 0.1) is 11.5 Å². The molecule has 0 bridgehead atoms. The van der Waals surface area contributed by atoms with Gasteiger partial charge in [0, 0.05) is 18.7 Å². The van der Waals surface area contributed by atoms with Crippen LogP contribution in [-0.2, 0) is 24.2 Å². The molecule has 1 aromatic rings. The molecule has 2 atom stereocenters. The molecule has 1 amide bonds. The third-order valence-electron chi connectivity index (χ3n) is 3.87. The quantitative estimate of drug-likeness (QED) is 0.562. The van der Waals surface area contributed by atoms with E-state index in [2.05, 4.69) is 0 Å². The number of likely N-dealkylation sites (N-methyl/N-ethyl adjacent to an activating group) is 1. The van der Waals surface area contributed by atoms with E-state index in [4.69, 9.17) is 4.74 Å². The number of rotatable bonds is 6. The number of carbonyl (C=O) groups is 2. The average Bonchev–Trinajstić information content (AvgIpc) is 3.15. The Hall–Kier alpha value is -1.67. The minimum Gasteiger partial charge on any atom is -0.449 e. The fraction of sp³-hybridized carbons (Fsp3) is 0.500. The summed E-state index contributed by atoms with van der Waals surface area (Å²) in [6, 6.07) is 1.53. The summed E-state index contributed by atoms with van der Waals surface area (Å²) in [7, 11) is -3.08. The van der Waals surface area contributed by atoms with Crippen molar-refractivity contribution in [3.05, 3.63) is 28.5 Å². The Morgan fingerprint density at radius 1 is 1.50 bits per heavy atom. The van der Waals surface area contributed by atoms with Crippen LogP contribution in [0.25, 0.3) is 6.08 Å². The molecule has 0 N–H and O–H groups in total. The van der Waals surface area contributed by atoms with E-state index in [0.717, 1.165) is 5.56 Å². The molecule has 0 aliphatic carbocycles. The Balaban J connectivity index is 1.93. The van der Waals surface area contributed by atoms with E-state index in [1.54, 1.807) is 13.0 Å². The molecule has 2 rings (SSSR count). The van der Waals surface area contributed by atoms with E-state index < -0.39 is 21.9 Å². The first-order chi connectivity index (χ1) is 11.3. The molecule has 1 fully saturated rings. The van der Waals surface area contributed by atoms with Gasteiger partial charge in [-0.1, -0.05) is 0 Å². The molecule has 8 heteroatoms. The molecule has 2 heterocycles. The van der Waals surface area contributed by atoms with Crippen molar-refractivity contribution in [3.63, 3.8) is 0 Å². The highest BCUT2D eigenvalue weighted by Gasteiger charge is 2.35. The number of esters is 1. The van der Waals surface area contributed by atoms with Crippen molar-refractivity contribution in [3.8, 4) is 0 Å². The summed E-state index contributed by atoms with van der Waals surface area (Å²) >= 11 is 1.52. The maximum absolute atomic E-state index is 12.5. The number of nitrogens with zero attached hydrogens (tertiary/aromatic N) is 1. The van der Waals surface area contributed by atoms with E-state index in [1.165, 1.54) is 29.2 Å². The zero-order valence-corrected chi connectivity index (χ0v) is 15.3. The first-order valence-corrected chi connectivity index (χ1v) is 10.5. The highest BCUT2D eigenvalue weighted by molar-refractivity contribution is 7.91. The van der Waals surface area contributed by atoms with Crippen molar-refractivity contribution in [2.75, 3.05) is 18.1 Å². The predicted molar refractivity (Wildman–Crippen MR) is 93.4 cm³/mol. The summed E-state index contributed by atoms with van der Waals surface area (Å²) in [5.41, 5.74) is 0.891. The molecule has 6 nitrogen and oxygen atoms in total. The first kappa shape index (κ1) is 18.7. The highest BCUT2D eigenvalue weighted by Crippen LogP contribution is 2.19. The van der Waals surface area contributed by atoms with Gasteiger partial charge >= 0.3 is 5.97 Å². The maximum Gasteiger partial charge on any atom is 0.331 e. The Morgan fingerprint density at radius 3 is 2.79 bits per heavy atom. The van der Waals surface area contributed by atoms with Gasteiger partial charge in [-0.2, -0.15) is 11.3 Å². The Kier molecular flexibility index (Phi) is 6.17. The zero-order chi connectivity index (χ0) is 17.7. The largest absolute Gasteiger partial charge is 0.449 e. The maximum atomic E-state index is 12.5. The molecule has 24 heavy (non-hydrogen) atoms. The fourth-order valence-corrected chi connectivity index (χ4v) is 5.01. The molecule has 1 saturated heterocycles. The van der Waals surface area contributed by atoms with Crippen molar-refractivity contribution in [1.29, 1.82) is 0 Å². The van der Waals surface area contributed by atoms with Crippen LogP contribution in [0.3, 0.4) is 0 Å². The highest BCUT2D eigenvalue weighted by atomic mass is 32.2. The summed E-state index contributed by atoms with van der Waals surface area (Å²) < 4.78 is 28.3. The van der Waals surface area contributed by atoms with Crippen molar-refractivity contribution in [2.45, 2.75) is 32.4 Å². The number of hydrogen-bond acceptors (Lipinski definition) is 6. The minimum absolute atomic E-state index is 0.0225. The molecular weight excluding hydrogens is 350 g/mol. The van der Waals surface area contributed by atoms with E-state index in [-0.39, 0.29) is 23.5 Å². The van der Waals surface area contributed by atoms with Gasteiger partial charge in [0.1, 0.15) is 0 Å². The van der Waals surface area contributed by atoms with Crippen LogP contribution >= 0.6 is 11.3 Å². The number of carbonyl (C=O) groups excluding carboxylic acids is 2. The van der Waals surface area contributed by atoms with Crippen LogP contribution in [0.2, 0.25) is 0 Å². The van der Waals surface area contributed by atoms with Gasteiger partial charge < -0.3 is 9.64 Å². The van der Waals surface area contributed by atoms with Gasteiger partial charge in [0.2, 0.25) is 0 Å². The van der Waals surface area contributed by atoms with E-state index >= 15 is 0 Å². The van der Waals surface area contributed by atoms with Crippen LogP contribution in [0.1, 0.15) is 25.8 Å². The van der Waals surface area contributed by atoms with Crippen LogP contribution in [0.15, 0.2) is 22.9 Å². The van der Waals surface area contributed by atoms with Crippen LogP contribution in [0.5, 0.6) is 0 Å². The molecule has 1 aromatic heterocycles. The second kappa shape index (κ2) is 7.94. The molecular formula is C16H21NO5S2. The topological polar surface area (TPSA) is 80.8 Å². The Bertz CT molecular complexity index is 709. The molecule has 1 aliphatic heterocycles. The van der Waals surface area contributed by atoms with Gasteiger partial charge in [-0.25, -0.2) is 13.2 Å². The number of thiophene rings is 1. The molecule has 0 radical (unpaired) electrons. The SMILES string of the molecule is CCN(C(=O)[C@@H](C)OC(=O)/C=C/c1ccsc1)[C@H]1CCS(=O)(=O)C1. The summed E-state index contributed by atoms with van der Waals surface area (Å²) in [5, 5.41) is 3.78. The molecule has 1 aliphatic rings. The van der Waals surface area contributed by atoms with Crippen molar-refractivity contribution in [2.24, 2.45) is 0 Å². The van der Waals surface area contributed by atoms with E-state index in [1.807, 2.05) is 16.8 Å². The second-order valence-electron chi connectivity index (χ2n) is 5.65. The van der Waals surface area contributed by atoms with Crippen molar-refractivity contribution >= 4 is 39.1 Å². The van der Waals surface area contributed by atoms with Gasteiger partial charge in [-0.05, 0) is 48.7 Å². The lowest BCUT2D eigenvalue weighted by Crippen LogP contribution is -2.46. The third-order valence-corrected chi connectivity index (χ3v) is 6.32. The Labute approximate surface area is 146 Å². The molecule has 0 spiro atoms. The second-order valence-corrected chi connectivity index (χ2v) is 8.66. The number of hydrogen-bond donors (Lipinski definition) is 0. The van der Waals surface area contributed by atoms with Gasteiger partial charge in [-0.3, -0.25) is 4.79 Å². The smallest absolute Gasteiger partial charge is 0.331 e. The number of amides is 1. The van der Waals surface area contributed by atoms with E-state index in [0.29, 0.717) is 13.0 Å². The minimum atomic E-state index is -3.08. The van der Waals surface area contributed by atoms with Crippen LogP contribution in [0, 0.1) is 0 Å². The zero-order valence-electron chi connectivity index (χ0n) is 13.7. The summed E-state index contributed by atoms with van der Waals surface area (Å²) in [5.74, 6) is -0.890. The van der Waals surface area contributed by atoms with Crippen molar-refractivity contribution in [1.82, 2.24) is 4.90 Å². The van der Waals surface area contributed by atoms with Crippen molar-refractivity contribution < 1.29 is 22.7 Å². The lowest BCUT2D eigenvalue weighted by molar-refractivity contribution is -0.156. The van der Waals surface area contributed by atoms with Gasteiger partial charge in [0.15, 0.2) is 15.9 Å². The number of sulfone groups is 1. The number of ether oxygens (including phenoxy) is 1. The fourth-order valence-electron chi connectivity index (χ4n) is 2.65. The van der Waals surface area contributed by atoms with E-state index in [9.17, 15) is 18.0 Å². The van der Waals surface area contributed by atoms with Gasteiger partial charge in [0.25, 0.3) is 5.91 Å². The lowest BCUT2D eigenvalue weighted by atomic mass is 10.2. The van der Waals surface area contributed by atoms with Crippen LogP contribution in [0.4, 0.5) is 0 Å². The first-order valence-electron chi connectivity index (χ1n) is 7.74. The third kappa shape index (κ3) is 4.91. The van der Waals surface area contributed by atoms with Crippen LogP contribution < -0.4 is 0 Å². The average molecular weight is 371 g/mol. The standard InChI is InChI=1S/C16H21NO5S2/c1-3-17(14-7-9-24(20,21)11-14)16(19)12(2)22-15(18)5-4-13-6-8-23-10-13/h4-6,8,10,12,14H,3,7,9,11H2,1-2H3/b5-4+/t12-,14+/m1/s1. The van der Waals surface area contributed by atoms with Crippen LogP contribution in [-0.4, -0.2) is 55.4 Å². The molecule has 0 unspecified atom stereocenters. The summed E-state index contributed by atoms with van der Waals surface area (Å²) in [4.78, 5) is 25.8. The molecule has 0 saturated carbocycles. The molecule has 132 valence electrons. The predicted octanol–water partition coefficient (Wildman–Crippen LogP) is 1.73. The monoisotopic (exact) mass is 371 g/mol. The summed E-state index contributed by atoms with van der Waals surface area (Å²) in [6.07, 6.45) is 2.38. The summed E-state index contributed by atoms with van der Waals surface area (Å²) in [6.45, 7) is 3.67. The van der Waals surface area contributed by atoms with Gasteiger partial charge in [-0.15, -0.1) is 0 Å². The normalized spacial score (nSPS) is 20.8. The Morgan fingerprint density at radius 2 is 2.25 bits per heavy atom. The lowest BCUT2D eigenvalue weighted by Gasteiger charge is -2.29.